The molecule has 3 rings (SSSR count). The summed E-state index contributed by atoms with van der Waals surface area (Å²) in [6, 6.07) is 12.6. The SMILES string of the molecule is Cc1ccc(OCc2cccc(C(=O)Nc3cc(C)on3)c2)cn1. The molecule has 0 fully saturated rings. The zero-order chi connectivity index (χ0) is 16.9. The minimum absolute atomic E-state index is 0.248. The maximum atomic E-state index is 12.2. The van der Waals surface area contributed by atoms with Gasteiger partial charge in [0, 0.05) is 17.3 Å². The Kier molecular flexibility index (Phi) is 4.56. The Hall–Kier alpha value is -3.15. The number of anilines is 1. The van der Waals surface area contributed by atoms with Crippen molar-refractivity contribution < 1.29 is 14.1 Å². The Morgan fingerprint density at radius 3 is 2.79 bits per heavy atom. The van der Waals surface area contributed by atoms with Gasteiger partial charge in [0.15, 0.2) is 5.82 Å². The Morgan fingerprint density at radius 1 is 1.21 bits per heavy atom. The van der Waals surface area contributed by atoms with E-state index in [1.165, 1.54) is 0 Å². The third kappa shape index (κ3) is 3.98. The number of pyridine rings is 1. The Morgan fingerprint density at radius 2 is 2.08 bits per heavy atom. The van der Waals surface area contributed by atoms with E-state index >= 15 is 0 Å². The van der Waals surface area contributed by atoms with Crippen molar-refractivity contribution in [3.63, 3.8) is 0 Å². The molecule has 6 heteroatoms. The minimum Gasteiger partial charge on any atom is -0.487 e. The fraction of sp³-hybridized carbons (Fsp3) is 0.167. The monoisotopic (exact) mass is 323 g/mol. The second kappa shape index (κ2) is 6.95. The van der Waals surface area contributed by atoms with Gasteiger partial charge in [0.2, 0.25) is 0 Å². The van der Waals surface area contributed by atoms with Crippen molar-refractivity contribution in [1.82, 2.24) is 10.1 Å². The van der Waals surface area contributed by atoms with Gasteiger partial charge in [-0.3, -0.25) is 9.78 Å². The molecular formula is C18H17N3O3. The number of hydrogen-bond acceptors (Lipinski definition) is 5. The van der Waals surface area contributed by atoms with Crippen LogP contribution in [-0.2, 0) is 6.61 Å². The summed E-state index contributed by atoms with van der Waals surface area (Å²) in [4.78, 5) is 16.4. The highest BCUT2D eigenvalue weighted by atomic mass is 16.5. The molecule has 0 spiro atoms. The molecule has 0 aliphatic carbocycles. The van der Waals surface area contributed by atoms with Crippen molar-refractivity contribution >= 4 is 11.7 Å². The van der Waals surface area contributed by atoms with Crippen molar-refractivity contribution in [2.75, 3.05) is 5.32 Å². The third-order valence-electron chi connectivity index (χ3n) is 3.35. The first kappa shape index (κ1) is 15.7. The quantitative estimate of drug-likeness (QED) is 0.777. The number of rotatable bonds is 5. The van der Waals surface area contributed by atoms with Gasteiger partial charge in [0.25, 0.3) is 5.91 Å². The molecule has 24 heavy (non-hydrogen) atoms. The number of aromatic nitrogens is 2. The minimum atomic E-state index is -0.248. The number of benzene rings is 1. The molecule has 6 nitrogen and oxygen atoms in total. The molecule has 1 aromatic carbocycles. The van der Waals surface area contributed by atoms with E-state index in [9.17, 15) is 4.79 Å². The average Bonchev–Trinajstić information content (AvgIpc) is 2.99. The lowest BCUT2D eigenvalue weighted by Crippen LogP contribution is -2.12. The summed E-state index contributed by atoms with van der Waals surface area (Å²) >= 11 is 0. The number of nitrogens with zero attached hydrogens (tertiary/aromatic N) is 2. The van der Waals surface area contributed by atoms with Gasteiger partial charge in [0.1, 0.15) is 18.1 Å². The second-order valence-corrected chi connectivity index (χ2v) is 5.40. The number of carbonyl (C=O) groups excluding carboxylic acids is 1. The van der Waals surface area contributed by atoms with Gasteiger partial charge in [-0.1, -0.05) is 17.3 Å². The number of hydrogen-bond donors (Lipinski definition) is 1. The molecule has 3 aromatic rings. The Bertz CT molecular complexity index is 841. The van der Waals surface area contributed by atoms with Gasteiger partial charge in [0.05, 0.1) is 6.20 Å². The molecule has 0 saturated heterocycles. The van der Waals surface area contributed by atoms with Crippen LogP contribution < -0.4 is 10.1 Å². The molecule has 0 saturated carbocycles. The van der Waals surface area contributed by atoms with E-state index in [0.717, 1.165) is 11.3 Å². The molecule has 2 aromatic heterocycles. The summed E-state index contributed by atoms with van der Waals surface area (Å²) in [6.07, 6.45) is 1.68. The number of amides is 1. The lowest BCUT2D eigenvalue weighted by molar-refractivity contribution is 0.102. The van der Waals surface area contributed by atoms with Gasteiger partial charge in [-0.2, -0.15) is 0 Å². The van der Waals surface area contributed by atoms with Crippen LogP contribution in [0.1, 0.15) is 27.4 Å². The molecule has 0 aliphatic rings. The van der Waals surface area contributed by atoms with Crippen LogP contribution in [-0.4, -0.2) is 16.0 Å². The normalized spacial score (nSPS) is 10.4. The summed E-state index contributed by atoms with van der Waals surface area (Å²) in [7, 11) is 0. The maximum absolute atomic E-state index is 12.2. The van der Waals surface area contributed by atoms with Crippen LogP contribution in [0, 0.1) is 13.8 Å². The zero-order valence-electron chi connectivity index (χ0n) is 13.4. The van der Waals surface area contributed by atoms with E-state index in [1.54, 1.807) is 31.3 Å². The van der Waals surface area contributed by atoms with Gasteiger partial charge in [-0.15, -0.1) is 0 Å². The first-order valence-corrected chi connectivity index (χ1v) is 7.49. The number of carbonyl (C=O) groups is 1. The number of aryl methyl sites for hydroxylation is 2. The lowest BCUT2D eigenvalue weighted by Gasteiger charge is -2.08. The highest BCUT2D eigenvalue weighted by molar-refractivity contribution is 6.03. The molecule has 0 atom stereocenters. The van der Waals surface area contributed by atoms with Crippen LogP contribution in [0.3, 0.4) is 0 Å². The lowest BCUT2D eigenvalue weighted by atomic mass is 10.1. The predicted octanol–water partition coefficient (Wildman–Crippen LogP) is 3.52. The molecule has 1 amide bonds. The Balaban J connectivity index is 1.64. The van der Waals surface area contributed by atoms with Crippen molar-refractivity contribution in [2.45, 2.75) is 20.5 Å². The van der Waals surface area contributed by atoms with Crippen LogP contribution in [0.2, 0.25) is 0 Å². The van der Waals surface area contributed by atoms with Crippen molar-refractivity contribution in [3.8, 4) is 5.75 Å². The van der Waals surface area contributed by atoms with Crippen LogP contribution in [0.15, 0.2) is 53.2 Å². The first-order valence-electron chi connectivity index (χ1n) is 7.49. The van der Waals surface area contributed by atoms with Crippen molar-refractivity contribution in [3.05, 3.63) is 71.2 Å². The highest BCUT2D eigenvalue weighted by Crippen LogP contribution is 2.14. The smallest absolute Gasteiger partial charge is 0.256 e. The van der Waals surface area contributed by atoms with Crippen molar-refractivity contribution in [1.29, 1.82) is 0 Å². The van der Waals surface area contributed by atoms with Crippen molar-refractivity contribution in [2.24, 2.45) is 0 Å². The topological polar surface area (TPSA) is 77.2 Å². The third-order valence-corrected chi connectivity index (χ3v) is 3.35. The number of nitrogens with one attached hydrogen (secondary N) is 1. The molecule has 0 unspecified atom stereocenters. The summed E-state index contributed by atoms with van der Waals surface area (Å²) in [5.41, 5.74) is 2.35. The van der Waals surface area contributed by atoms with E-state index in [2.05, 4.69) is 15.5 Å². The molecule has 0 aliphatic heterocycles. The average molecular weight is 323 g/mol. The standard InChI is InChI=1S/C18H17N3O3/c1-12-6-7-16(10-19-12)23-11-14-4-3-5-15(9-14)18(22)20-17-8-13(2)24-21-17/h3-10H,11H2,1-2H3,(H,20,21,22). The summed E-state index contributed by atoms with van der Waals surface area (Å²) in [6.45, 7) is 4.04. The molecule has 2 heterocycles. The van der Waals surface area contributed by atoms with Gasteiger partial charge in [-0.25, -0.2) is 0 Å². The maximum Gasteiger partial charge on any atom is 0.256 e. The van der Waals surface area contributed by atoms with Crippen LogP contribution in [0.5, 0.6) is 5.75 Å². The Labute approximate surface area is 139 Å². The molecule has 0 bridgehead atoms. The van der Waals surface area contributed by atoms with Crippen LogP contribution >= 0.6 is 0 Å². The number of ether oxygens (including phenoxy) is 1. The summed E-state index contributed by atoms with van der Waals surface area (Å²) < 4.78 is 10.6. The summed E-state index contributed by atoms with van der Waals surface area (Å²) in [5.74, 6) is 1.47. The van der Waals surface area contributed by atoms with Gasteiger partial charge in [-0.05, 0) is 43.7 Å². The summed E-state index contributed by atoms with van der Waals surface area (Å²) in [5, 5.41) is 6.44. The highest BCUT2D eigenvalue weighted by Gasteiger charge is 2.09. The van der Waals surface area contributed by atoms with E-state index in [0.29, 0.717) is 29.5 Å². The van der Waals surface area contributed by atoms with Gasteiger partial charge < -0.3 is 14.6 Å². The van der Waals surface area contributed by atoms with E-state index in [1.807, 2.05) is 31.2 Å². The zero-order valence-corrected chi connectivity index (χ0v) is 13.4. The fourth-order valence-electron chi connectivity index (χ4n) is 2.12. The van der Waals surface area contributed by atoms with Crippen LogP contribution in [0.25, 0.3) is 0 Å². The second-order valence-electron chi connectivity index (χ2n) is 5.40. The van der Waals surface area contributed by atoms with Crippen LogP contribution in [0.4, 0.5) is 5.82 Å². The molecular weight excluding hydrogens is 306 g/mol. The van der Waals surface area contributed by atoms with E-state index in [-0.39, 0.29) is 5.91 Å². The first-order chi connectivity index (χ1) is 11.6. The molecule has 122 valence electrons. The molecule has 1 N–H and O–H groups in total. The molecule has 0 radical (unpaired) electrons. The largest absolute Gasteiger partial charge is 0.487 e. The van der Waals surface area contributed by atoms with E-state index in [4.69, 9.17) is 9.26 Å². The fourth-order valence-corrected chi connectivity index (χ4v) is 2.12. The van der Waals surface area contributed by atoms with Gasteiger partial charge >= 0.3 is 0 Å². The van der Waals surface area contributed by atoms with E-state index < -0.39 is 0 Å². The predicted molar refractivity (Wildman–Crippen MR) is 88.9 cm³/mol.